The highest BCUT2D eigenvalue weighted by molar-refractivity contribution is 6.19. The van der Waals surface area contributed by atoms with Crippen LogP contribution in [0.2, 0.25) is 0 Å². The summed E-state index contributed by atoms with van der Waals surface area (Å²) in [6.07, 6.45) is 3.62. The summed E-state index contributed by atoms with van der Waals surface area (Å²) in [6, 6.07) is 6.15. The van der Waals surface area contributed by atoms with Crippen molar-refractivity contribution in [2.75, 3.05) is 11.5 Å². The van der Waals surface area contributed by atoms with E-state index in [0.29, 0.717) is 17.5 Å². The van der Waals surface area contributed by atoms with E-state index in [4.69, 9.17) is 4.74 Å². The smallest absolute Gasteiger partial charge is 0.338 e. The largest absolute Gasteiger partial charge is 0.452 e. The van der Waals surface area contributed by atoms with Crippen LogP contribution < -0.4 is 10.2 Å². The lowest BCUT2D eigenvalue weighted by atomic mass is 9.78. The van der Waals surface area contributed by atoms with Gasteiger partial charge in [0.15, 0.2) is 6.61 Å². The van der Waals surface area contributed by atoms with Gasteiger partial charge < -0.3 is 10.1 Å². The van der Waals surface area contributed by atoms with Gasteiger partial charge in [-0.05, 0) is 42.5 Å². The number of ether oxygens (including phenoxy) is 1. The van der Waals surface area contributed by atoms with E-state index in [1.807, 2.05) is 0 Å². The minimum Gasteiger partial charge on any atom is -0.452 e. The van der Waals surface area contributed by atoms with Gasteiger partial charge in [-0.1, -0.05) is 26.7 Å². The molecule has 1 aromatic rings. The number of carbonyl (C=O) groups is 4. The predicted molar refractivity (Wildman–Crippen MR) is 103 cm³/mol. The molecule has 1 saturated heterocycles. The molecule has 1 aliphatic heterocycles. The molecule has 7 heteroatoms. The van der Waals surface area contributed by atoms with Gasteiger partial charge in [0.2, 0.25) is 11.8 Å². The van der Waals surface area contributed by atoms with E-state index in [1.54, 1.807) is 0 Å². The lowest BCUT2D eigenvalue weighted by Gasteiger charge is -2.34. The van der Waals surface area contributed by atoms with Gasteiger partial charge in [-0.2, -0.15) is 0 Å². The quantitative estimate of drug-likeness (QED) is 0.620. The molecule has 0 aromatic heterocycles. The summed E-state index contributed by atoms with van der Waals surface area (Å²) >= 11 is 0. The number of rotatable bonds is 5. The number of nitrogens with zero attached hydrogens (tertiary/aromatic N) is 1. The van der Waals surface area contributed by atoms with Crippen molar-refractivity contribution in [3.8, 4) is 0 Å². The van der Waals surface area contributed by atoms with E-state index < -0.39 is 5.97 Å². The molecule has 1 aliphatic carbocycles. The molecule has 0 bridgehead atoms. The van der Waals surface area contributed by atoms with Crippen LogP contribution in [0.1, 0.15) is 56.3 Å². The summed E-state index contributed by atoms with van der Waals surface area (Å²) in [4.78, 5) is 48.9. The summed E-state index contributed by atoms with van der Waals surface area (Å²) in [5.74, 6) is -0.451. The van der Waals surface area contributed by atoms with Crippen LogP contribution in [-0.2, 0) is 19.1 Å². The first kappa shape index (κ1) is 20.0. The van der Waals surface area contributed by atoms with Gasteiger partial charge in [-0.25, -0.2) is 4.79 Å². The fourth-order valence-electron chi connectivity index (χ4n) is 3.86. The van der Waals surface area contributed by atoms with Gasteiger partial charge in [0.25, 0.3) is 5.91 Å². The zero-order chi connectivity index (χ0) is 20.3. The van der Waals surface area contributed by atoms with E-state index >= 15 is 0 Å². The van der Waals surface area contributed by atoms with E-state index in [1.165, 1.54) is 30.7 Å². The number of amides is 3. The van der Waals surface area contributed by atoms with Crippen LogP contribution >= 0.6 is 0 Å². The van der Waals surface area contributed by atoms with Gasteiger partial charge in [0.1, 0.15) is 0 Å². The number of anilines is 1. The fraction of sp³-hybridized carbons (Fsp3) is 0.524. The average molecular weight is 386 g/mol. The molecule has 1 aromatic carbocycles. The molecule has 1 heterocycles. The Morgan fingerprint density at radius 1 is 1.07 bits per heavy atom. The van der Waals surface area contributed by atoms with Crippen molar-refractivity contribution in [1.82, 2.24) is 5.32 Å². The summed E-state index contributed by atoms with van der Waals surface area (Å²) < 4.78 is 5.10. The molecule has 0 spiro atoms. The third-order valence-corrected chi connectivity index (χ3v) is 5.80. The molecule has 7 nitrogen and oxygen atoms in total. The highest BCUT2D eigenvalue weighted by Crippen LogP contribution is 2.29. The van der Waals surface area contributed by atoms with Crippen molar-refractivity contribution in [2.24, 2.45) is 11.8 Å². The van der Waals surface area contributed by atoms with Crippen molar-refractivity contribution >= 4 is 29.4 Å². The molecule has 1 N–H and O–H groups in total. The van der Waals surface area contributed by atoms with Crippen LogP contribution in [0.3, 0.4) is 0 Å². The zero-order valence-corrected chi connectivity index (χ0v) is 16.3. The van der Waals surface area contributed by atoms with Crippen LogP contribution in [0.15, 0.2) is 24.3 Å². The van der Waals surface area contributed by atoms with Crippen LogP contribution in [0.4, 0.5) is 5.69 Å². The average Bonchev–Trinajstić information content (AvgIpc) is 3.02. The Balaban J connectivity index is 1.51. The molecule has 0 unspecified atom stereocenters. The Bertz CT molecular complexity index is 758. The normalized spacial score (nSPS) is 24.9. The van der Waals surface area contributed by atoms with Crippen molar-refractivity contribution in [1.29, 1.82) is 0 Å². The number of esters is 1. The standard InChI is InChI=1S/C21H26N2O5/c1-13-4-3-5-17(14(13)2)22-18(24)12-28-21(27)15-6-8-16(9-7-15)23-19(25)10-11-20(23)26/h6-9,13-14,17H,3-5,10-12H2,1-2H3,(H,22,24)/t13-,14+,17-/m0/s1. The topological polar surface area (TPSA) is 92.8 Å². The van der Waals surface area contributed by atoms with Gasteiger partial charge in [-0.15, -0.1) is 0 Å². The molecule has 3 atom stereocenters. The van der Waals surface area contributed by atoms with Crippen molar-refractivity contribution in [3.63, 3.8) is 0 Å². The third kappa shape index (κ3) is 4.40. The van der Waals surface area contributed by atoms with E-state index in [9.17, 15) is 19.2 Å². The second-order valence-electron chi connectivity index (χ2n) is 7.69. The highest BCUT2D eigenvalue weighted by atomic mass is 16.5. The second-order valence-corrected chi connectivity index (χ2v) is 7.69. The van der Waals surface area contributed by atoms with Gasteiger partial charge in [0, 0.05) is 18.9 Å². The Morgan fingerprint density at radius 3 is 2.36 bits per heavy atom. The molecule has 28 heavy (non-hydrogen) atoms. The minimum atomic E-state index is -0.620. The van der Waals surface area contributed by atoms with Crippen molar-refractivity contribution < 1.29 is 23.9 Å². The molecule has 2 fully saturated rings. The van der Waals surface area contributed by atoms with Crippen LogP contribution in [0, 0.1) is 11.8 Å². The summed E-state index contributed by atoms with van der Waals surface area (Å²) in [7, 11) is 0. The lowest BCUT2D eigenvalue weighted by Crippen LogP contribution is -2.45. The first-order valence-corrected chi connectivity index (χ1v) is 9.79. The minimum absolute atomic E-state index is 0.116. The number of hydrogen-bond acceptors (Lipinski definition) is 5. The molecule has 1 saturated carbocycles. The molecule has 3 rings (SSSR count). The second kappa shape index (κ2) is 8.54. The molecular weight excluding hydrogens is 360 g/mol. The SMILES string of the molecule is C[C@H]1[C@@H](NC(=O)COC(=O)c2ccc(N3C(=O)CCC3=O)cc2)CCC[C@@H]1C. The Labute approximate surface area is 164 Å². The van der Waals surface area contributed by atoms with Gasteiger partial charge in [-0.3, -0.25) is 19.3 Å². The highest BCUT2D eigenvalue weighted by Gasteiger charge is 2.30. The number of carbonyl (C=O) groups excluding carboxylic acids is 4. The fourth-order valence-corrected chi connectivity index (χ4v) is 3.86. The van der Waals surface area contributed by atoms with E-state index in [2.05, 4.69) is 19.2 Å². The number of hydrogen-bond donors (Lipinski definition) is 1. The van der Waals surface area contributed by atoms with Crippen LogP contribution in [0.5, 0.6) is 0 Å². The van der Waals surface area contributed by atoms with Gasteiger partial charge >= 0.3 is 5.97 Å². The first-order chi connectivity index (χ1) is 13.4. The van der Waals surface area contributed by atoms with Gasteiger partial charge in [0.05, 0.1) is 11.3 Å². The maximum absolute atomic E-state index is 12.2. The van der Waals surface area contributed by atoms with Crippen molar-refractivity contribution in [2.45, 2.75) is 52.0 Å². The van der Waals surface area contributed by atoms with E-state index in [-0.39, 0.29) is 48.8 Å². The van der Waals surface area contributed by atoms with Crippen molar-refractivity contribution in [3.05, 3.63) is 29.8 Å². The predicted octanol–water partition coefficient (Wildman–Crippen LogP) is 2.44. The monoisotopic (exact) mass is 386 g/mol. The maximum atomic E-state index is 12.2. The summed E-state index contributed by atoms with van der Waals surface area (Å²) in [6.45, 7) is 4.00. The first-order valence-electron chi connectivity index (χ1n) is 9.79. The summed E-state index contributed by atoms with van der Waals surface area (Å²) in [5, 5.41) is 2.96. The Morgan fingerprint density at radius 2 is 1.71 bits per heavy atom. The third-order valence-electron chi connectivity index (χ3n) is 5.80. The number of benzene rings is 1. The van der Waals surface area contributed by atoms with E-state index in [0.717, 1.165) is 17.7 Å². The maximum Gasteiger partial charge on any atom is 0.338 e. The van der Waals surface area contributed by atoms with Crippen LogP contribution in [0.25, 0.3) is 0 Å². The molecule has 3 amide bonds. The Hall–Kier alpha value is -2.70. The zero-order valence-electron chi connectivity index (χ0n) is 16.3. The molecule has 2 aliphatic rings. The molecule has 150 valence electrons. The summed E-state index contributed by atoms with van der Waals surface area (Å²) in [5.41, 5.74) is 0.692. The Kier molecular flexibility index (Phi) is 6.11. The molecule has 0 radical (unpaired) electrons. The molecular formula is C21H26N2O5. The van der Waals surface area contributed by atoms with Crippen LogP contribution in [-0.4, -0.2) is 36.3 Å². The lowest BCUT2D eigenvalue weighted by molar-refractivity contribution is -0.125. The number of imide groups is 1. The number of nitrogens with one attached hydrogen (secondary N) is 1.